The summed E-state index contributed by atoms with van der Waals surface area (Å²) in [5.41, 5.74) is 2.54. The van der Waals surface area contributed by atoms with E-state index in [9.17, 15) is 4.79 Å². The van der Waals surface area contributed by atoms with Crippen molar-refractivity contribution in [3.05, 3.63) is 64.1 Å². The van der Waals surface area contributed by atoms with Gasteiger partial charge in [-0.2, -0.15) is 5.10 Å². The average Bonchev–Trinajstić information content (AvgIpc) is 3.00. The van der Waals surface area contributed by atoms with E-state index >= 15 is 0 Å². The molecular weight excluding hydrogens is 321 g/mol. The lowest BCUT2D eigenvalue weighted by Gasteiger charge is -2.12. The molecule has 0 saturated carbocycles. The molecule has 4 nitrogen and oxygen atoms in total. The Labute approximate surface area is 138 Å². The third kappa shape index (κ3) is 3.40. The maximum absolute atomic E-state index is 12.2. The van der Waals surface area contributed by atoms with Crippen LogP contribution >= 0.6 is 23.2 Å². The summed E-state index contributed by atoms with van der Waals surface area (Å²) in [5, 5.41) is 9.90. The minimum Gasteiger partial charge on any atom is -0.306 e. The molecule has 0 spiro atoms. The molecule has 22 heavy (non-hydrogen) atoms. The zero-order chi connectivity index (χ0) is 15.5. The van der Waals surface area contributed by atoms with Gasteiger partial charge in [-0.1, -0.05) is 35.3 Å². The van der Waals surface area contributed by atoms with Crippen LogP contribution in [0, 0.1) is 0 Å². The Morgan fingerprint density at radius 3 is 2.23 bits per heavy atom. The number of carbonyl (C=O) groups is 1. The Morgan fingerprint density at radius 2 is 1.59 bits per heavy atom. The van der Waals surface area contributed by atoms with Crippen molar-refractivity contribution in [3.63, 3.8) is 0 Å². The summed E-state index contributed by atoms with van der Waals surface area (Å²) in [7, 11) is 0. The number of carbonyl (C=O) groups excluding carboxylic acids is 1. The van der Waals surface area contributed by atoms with Crippen molar-refractivity contribution in [2.45, 2.75) is 6.42 Å². The zero-order valence-corrected chi connectivity index (χ0v) is 13.1. The second-order valence-corrected chi connectivity index (χ2v) is 5.74. The van der Waals surface area contributed by atoms with E-state index in [2.05, 4.69) is 10.4 Å². The number of anilines is 1. The number of hydrogen-bond donors (Lipinski definition) is 1. The van der Waals surface area contributed by atoms with Crippen LogP contribution in [0.4, 0.5) is 10.5 Å². The first-order valence-corrected chi connectivity index (χ1v) is 7.55. The van der Waals surface area contributed by atoms with Crippen LogP contribution in [0.25, 0.3) is 0 Å². The quantitative estimate of drug-likeness (QED) is 0.855. The Kier molecular flexibility index (Phi) is 4.32. The lowest BCUT2D eigenvalue weighted by atomic mass is 10.1. The molecule has 2 amide bonds. The highest BCUT2D eigenvalue weighted by molar-refractivity contribution is 6.31. The fourth-order valence-electron chi connectivity index (χ4n) is 2.17. The van der Waals surface area contributed by atoms with Crippen molar-refractivity contribution in [2.24, 2.45) is 5.10 Å². The third-order valence-electron chi connectivity index (χ3n) is 3.31. The van der Waals surface area contributed by atoms with Gasteiger partial charge in [-0.25, -0.2) is 9.80 Å². The number of hydrazone groups is 1. The van der Waals surface area contributed by atoms with Crippen LogP contribution in [0.2, 0.25) is 10.0 Å². The molecular formula is C16H13Cl2N3O. The van der Waals surface area contributed by atoms with E-state index in [0.717, 1.165) is 17.7 Å². The molecule has 6 heteroatoms. The second kappa shape index (κ2) is 6.38. The minimum atomic E-state index is -0.258. The summed E-state index contributed by atoms with van der Waals surface area (Å²) in [6.07, 6.45) is 0.718. The molecule has 3 rings (SSSR count). The Hall–Kier alpha value is -2.04. The van der Waals surface area contributed by atoms with E-state index in [4.69, 9.17) is 23.2 Å². The third-order valence-corrected chi connectivity index (χ3v) is 3.81. The van der Waals surface area contributed by atoms with Gasteiger partial charge in [-0.05, 0) is 42.0 Å². The topological polar surface area (TPSA) is 44.7 Å². The molecule has 1 aliphatic rings. The van der Waals surface area contributed by atoms with Gasteiger partial charge in [0, 0.05) is 22.2 Å². The average molecular weight is 334 g/mol. The molecule has 0 atom stereocenters. The van der Waals surface area contributed by atoms with Crippen LogP contribution in [0.15, 0.2) is 53.6 Å². The van der Waals surface area contributed by atoms with Crippen molar-refractivity contribution in [1.82, 2.24) is 5.01 Å². The van der Waals surface area contributed by atoms with E-state index in [1.165, 1.54) is 5.01 Å². The number of hydrogen-bond acceptors (Lipinski definition) is 2. The van der Waals surface area contributed by atoms with Crippen LogP contribution in [0.1, 0.15) is 12.0 Å². The normalized spacial score (nSPS) is 13.9. The fraction of sp³-hybridized carbons (Fsp3) is 0.125. The SMILES string of the molecule is O=C(Nc1ccc(Cl)cc1)N1CCC(c2ccc(Cl)cc2)=N1. The molecule has 0 unspecified atom stereocenters. The maximum Gasteiger partial charge on any atom is 0.342 e. The van der Waals surface area contributed by atoms with Crippen LogP contribution in [-0.2, 0) is 0 Å². The van der Waals surface area contributed by atoms with E-state index in [-0.39, 0.29) is 6.03 Å². The number of benzene rings is 2. The summed E-state index contributed by atoms with van der Waals surface area (Å²) in [6.45, 7) is 0.553. The number of nitrogens with zero attached hydrogens (tertiary/aromatic N) is 2. The molecule has 2 aromatic rings. The first-order valence-electron chi connectivity index (χ1n) is 6.79. The maximum atomic E-state index is 12.2. The molecule has 0 radical (unpaired) electrons. The Balaban J connectivity index is 1.69. The van der Waals surface area contributed by atoms with E-state index in [0.29, 0.717) is 22.3 Å². The molecule has 1 aliphatic heterocycles. The highest BCUT2D eigenvalue weighted by Gasteiger charge is 2.21. The number of halogens is 2. The lowest BCUT2D eigenvalue weighted by Crippen LogP contribution is -2.28. The number of nitrogens with one attached hydrogen (secondary N) is 1. The van der Waals surface area contributed by atoms with Crippen molar-refractivity contribution < 1.29 is 4.79 Å². The fourth-order valence-corrected chi connectivity index (χ4v) is 2.42. The zero-order valence-electron chi connectivity index (χ0n) is 11.6. The van der Waals surface area contributed by atoms with Gasteiger partial charge in [0.1, 0.15) is 0 Å². The second-order valence-electron chi connectivity index (χ2n) is 4.86. The highest BCUT2D eigenvalue weighted by atomic mass is 35.5. The molecule has 0 aromatic heterocycles. The first-order chi connectivity index (χ1) is 10.6. The van der Waals surface area contributed by atoms with Crippen molar-refractivity contribution in [2.75, 3.05) is 11.9 Å². The summed E-state index contributed by atoms with van der Waals surface area (Å²) in [6, 6.07) is 14.1. The molecule has 1 N–H and O–H groups in total. The van der Waals surface area contributed by atoms with Crippen LogP contribution in [-0.4, -0.2) is 23.3 Å². The molecule has 112 valence electrons. The van der Waals surface area contributed by atoms with Crippen LogP contribution in [0.5, 0.6) is 0 Å². The smallest absolute Gasteiger partial charge is 0.306 e. The van der Waals surface area contributed by atoms with E-state index < -0.39 is 0 Å². The van der Waals surface area contributed by atoms with Gasteiger partial charge in [0.05, 0.1) is 12.3 Å². The van der Waals surface area contributed by atoms with Gasteiger partial charge in [0.25, 0.3) is 0 Å². The molecule has 2 aromatic carbocycles. The van der Waals surface area contributed by atoms with Gasteiger partial charge in [0.2, 0.25) is 0 Å². The minimum absolute atomic E-state index is 0.258. The summed E-state index contributed by atoms with van der Waals surface area (Å²) in [4.78, 5) is 12.2. The molecule has 0 saturated heterocycles. The summed E-state index contributed by atoms with van der Waals surface area (Å²) < 4.78 is 0. The Morgan fingerprint density at radius 1 is 1.00 bits per heavy atom. The van der Waals surface area contributed by atoms with Gasteiger partial charge in [-0.3, -0.25) is 0 Å². The Bertz CT molecular complexity index is 711. The van der Waals surface area contributed by atoms with Gasteiger partial charge < -0.3 is 5.32 Å². The van der Waals surface area contributed by atoms with Crippen molar-refractivity contribution >= 4 is 40.6 Å². The molecule has 0 aliphatic carbocycles. The van der Waals surface area contributed by atoms with Gasteiger partial charge >= 0.3 is 6.03 Å². The number of amides is 2. The van der Waals surface area contributed by atoms with Crippen LogP contribution < -0.4 is 5.32 Å². The molecule has 0 fully saturated rings. The summed E-state index contributed by atoms with van der Waals surface area (Å²) >= 11 is 11.7. The lowest BCUT2D eigenvalue weighted by molar-refractivity contribution is 0.219. The number of urea groups is 1. The van der Waals surface area contributed by atoms with Gasteiger partial charge in [-0.15, -0.1) is 0 Å². The first kappa shape index (κ1) is 14.9. The van der Waals surface area contributed by atoms with Crippen LogP contribution in [0.3, 0.4) is 0 Å². The molecule has 1 heterocycles. The van der Waals surface area contributed by atoms with Crippen molar-refractivity contribution in [1.29, 1.82) is 0 Å². The predicted molar refractivity (Wildman–Crippen MR) is 89.8 cm³/mol. The predicted octanol–water partition coefficient (Wildman–Crippen LogP) is 4.64. The highest BCUT2D eigenvalue weighted by Crippen LogP contribution is 2.18. The van der Waals surface area contributed by atoms with Crippen molar-refractivity contribution in [3.8, 4) is 0 Å². The number of rotatable bonds is 2. The monoisotopic (exact) mass is 333 g/mol. The van der Waals surface area contributed by atoms with E-state index in [1.807, 2.05) is 24.3 Å². The van der Waals surface area contributed by atoms with E-state index in [1.54, 1.807) is 24.3 Å². The standard InChI is InChI=1S/C16H13Cl2N3O/c17-12-3-1-11(2-4-12)15-9-10-21(20-15)16(22)19-14-7-5-13(18)6-8-14/h1-8H,9-10H2,(H,19,22). The molecule has 0 bridgehead atoms. The van der Waals surface area contributed by atoms with Gasteiger partial charge in [0.15, 0.2) is 0 Å². The summed E-state index contributed by atoms with van der Waals surface area (Å²) in [5.74, 6) is 0. The largest absolute Gasteiger partial charge is 0.342 e.